The highest BCUT2D eigenvalue weighted by Gasteiger charge is 2.22. The summed E-state index contributed by atoms with van der Waals surface area (Å²) < 4.78 is 13.1. The van der Waals surface area contributed by atoms with Crippen LogP contribution in [0.25, 0.3) is 16.8 Å². The Kier molecular flexibility index (Phi) is 6.13. The molecule has 3 aromatic rings. The second kappa shape index (κ2) is 8.94. The fraction of sp³-hybridized carbons (Fsp3) is 0.0952. The Balaban J connectivity index is 1.44. The second-order valence-electron chi connectivity index (χ2n) is 6.07. The molecule has 0 spiro atoms. The summed E-state index contributed by atoms with van der Waals surface area (Å²) in [5, 5.41) is 4.65. The molecule has 1 fully saturated rings. The molecular weight excluding hydrogens is 472 g/mol. The predicted octanol–water partition coefficient (Wildman–Crippen LogP) is 4.94. The predicted molar refractivity (Wildman–Crippen MR) is 123 cm³/mol. The van der Waals surface area contributed by atoms with Gasteiger partial charge in [0.15, 0.2) is 0 Å². The molecule has 146 valence electrons. The molecule has 5 nitrogen and oxygen atoms in total. The van der Waals surface area contributed by atoms with Gasteiger partial charge in [-0.15, -0.1) is 0 Å². The monoisotopic (exact) mass is 486 g/mol. The third kappa shape index (κ3) is 4.77. The lowest BCUT2D eigenvalue weighted by Crippen LogP contribution is -2.17. The van der Waals surface area contributed by atoms with Crippen molar-refractivity contribution in [2.45, 2.75) is 0 Å². The van der Waals surface area contributed by atoms with Crippen LogP contribution in [0.2, 0.25) is 0 Å². The highest BCUT2D eigenvalue weighted by atomic mass is 79.9. The Labute approximate surface area is 185 Å². The highest BCUT2D eigenvalue weighted by molar-refractivity contribution is 9.10. The van der Waals surface area contributed by atoms with Crippen LogP contribution in [0.15, 0.2) is 64.1 Å². The zero-order valence-electron chi connectivity index (χ0n) is 15.1. The molecule has 0 unspecified atom stereocenters. The standard InChI is InChI=1S/C21H15BrN2O3S2/c22-15-5-6-17(14(11-15)12-18-19(25)24-21(28)29-18)26-9-10-27-20-16-4-2-1-3-13(16)7-8-23-20/h1-8,11-12H,9-10H2,(H,24,25,28)/b18-12-. The largest absolute Gasteiger partial charge is 0.489 e. The third-order valence-corrected chi connectivity index (χ3v) is 5.77. The van der Waals surface area contributed by atoms with Crippen molar-refractivity contribution in [3.8, 4) is 11.6 Å². The molecule has 0 bridgehead atoms. The molecule has 0 saturated carbocycles. The van der Waals surface area contributed by atoms with Crippen LogP contribution in [0, 0.1) is 0 Å². The van der Waals surface area contributed by atoms with E-state index in [-0.39, 0.29) is 5.91 Å². The molecule has 2 heterocycles. The SMILES string of the molecule is O=C1NC(=S)S/C1=C\c1cc(Br)ccc1OCCOc1nccc2ccccc12. The molecular formula is C21H15BrN2O3S2. The first kappa shape index (κ1) is 19.9. The molecule has 1 amide bonds. The lowest BCUT2D eigenvalue weighted by molar-refractivity contribution is -0.115. The molecule has 1 aliphatic rings. The van der Waals surface area contributed by atoms with Gasteiger partial charge in [-0.1, -0.05) is 58.1 Å². The molecule has 29 heavy (non-hydrogen) atoms. The number of nitrogens with zero attached hydrogens (tertiary/aromatic N) is 1. The maximum atomic E-state index is 11.9. The normalized spacial score (nSPS) is 15.0. The van der Waals surface area contributed by atoms with E-state index in [0.29, 0.717) is 34.1 Å². The number of thiocarbonyl (C=S) groups is 1. The van der Waals surface area contributed by atoms with E-state index in [4.69, 9.17) is 21.7 Å². The first-order chi connectivity index (χ1) is 14.1. The molecule has 1 N–H and O–H groups in total. The number of nitrogens with one attached hydrogen (secondary N) is 1. The van der Waals surface area contributed by atoms with Gasteiger partial charge in [-0.3, -0.25) is 4.79 Å². The zero-order valence-corrected chi connectivity index (χ0v) is 18.3. The second-order valence-corrected chi connectivity index (χ2v) is 8.70. The third-order valence-electron chi connectivity index (χ3n) is 4.12. The molecule has 1 aliphatic heterocycles. The summed E-state index contributed by atoms with van der Waals surface area (Å²) in [6, 6.07) is 15.5. The van der Waals surface area contributed by atoms with E-state index in [1.807, 2.05) is 48.5 Å². The lowest BCUT2D eigenvalue weighted by Gasteiger charge is -2.12. The van der Waals surface area contributed by atoms with Gasteiger partial charge in [0.2, 0.25) is 5.88 Å². The van der Waals surface area contributed by atoms with Crippen molar-refractivity contribution >= 4 is 67.0 Å². The average Bonchev–Trinajstić information content (AvgIpc) is 3.03. The number of hydrogen-bond donors (Lipinski definition) is 1. The van der Waals surface area contributed by atoms with Crippen molar-refractivity contribution in [1.82, 2.24) is 10.3 Å². The number of rotatable bonds is 6. The smallest absolute Gasteiger partial charge is 0.263 e. The van der Waals surface area contributed by atoms with Gasteiger partial charge in [-0.2, -0.15) is 0 Å². The van der Waals surface area contributed by atoms with Gasteiger partial charge in [0, 0.05) is 21.6 Å². The van der Waals surface area contributed by atoms with Crippen molar-refractivity contribution in [2.24, 2.45) is 0 Å². The highest BCUT2D eigenvalue weighted by Crippen LogP contribution is 2.31. The first-order valence-corrected chi connectivity index (χ1v) is 10.8. The summed E-state index contributed by atoms with van der Waals surface area (Å²) >= 11 is 9.74. The Morgan fingerprint density at radius 3 is 2.79 bits per heavy atom. The molecule has 1 saturated heterocycles. The first-order valence-electron chi connectivity index (χ1n) is 8.74. The number of carbonyl (C=O) groups excluding carboxylic acids is 1. The van der Waals surface area contributed by atoms with Crippen LogP contribution >= 0.6 is 39.9 Å². The fourth-order valence-corrected chi connectivity index (χ4v) is 4.24. The van der Waals surface area contributed by atoms with Crippen molar-refractivity contribution in [1.29, 1.82) is 0 Å². The molecule has 8 heteroatoms. The van der Waals surface area contributed by atoms with Gasteiger partial charge in [0.25, 0.3) is 5.91 Å². The summed E-state index contributed by atoms with van der Waals surface area (Å²) in [6.07, 6.45) is 3.50. The number of aromatic nitrogens is 1. The van der Waals surface area contributed by atoms with E-state index in [1.165, 1.54) is 11.8 Å². The number of hydrogen-bond acceptors (Lipinski definition) is 6. The molecule has 0 atom stereocenters. The van der Waals surface area contributed by atoms with E-state index in [0.717, 1.165) is 20.8 Å². The maximum Gasteiger partial charge on any atom is 0.263 e. The van der Waals surface area contributed by atoms with Crippen molar-refractivity contribution in [2.75, 3.05) is 13.2 Å². The van der Waals surface area contributed by atoms with E-state index in [1.54, 1.807) is 12.3 Å². The number of carbonyl (C=O) groups is 1. The Morgan fingerprint density at radius 1 is 1.14 bits per heavy atom. The number of halogens is 1. The maximum absolute atomic E-state index is 11.9. The van der Waals surface area contributed by atoms with Gasteiger partial charge >= 0.3 is 0 Å². The van der Waals surface area contributed by atoms with Crippen molar-refractivity contribution < 1.29 is 14.3 Å². The molecule has 0 radical (unpaired) electrons. The van der Waals surface area contributed by atoms with E-state index in [9.17, 15) is 4.79 Å². The summed E-state index contributed by atoms with van der Waals surface area (Å²) in [5.41, 5.74) is 0.782. The van der Waals surface area contributed by atoms with Crippen LogP contribution in [0.1, 0.15) is 5.56 Å². The van der Waals surface area contributed by atoms with Crippen LogP contribution in [-0.4, -0.2) is 28.4 Å². The zero-order chi connectivity index (χ0) is 20.2. The minimum absolute atomic E-state index is 0.198. The van der Waals surface area contributed by atoms with Gasteiger partial charge in [0.05, 0.1) is 4.91 Å². The van der Waals surface area contributed by atoms with E-state index in [2.05, 4.69) is 26.2 Å². The summed E-state index contributed by atoms with van der Waals surface area (Å²) in [4.78, 5) is 16.8. The fourth-order valence-electron chi connectivity index (χ4n) is 2.82. The van der Waals surface area contributed by atoms with Gasteiger partial charge in [-0.25, -0.2) is 4.98 Å². The number of thioether (sulfide) groups is 1. The molecule has 2 aromatic carbocycles. The molecule has 4 rings (SSSR count). The molecule has 0 aliphatic carbocycles. The van der Waals surface area contributed by atoms with Crippen LogP contribution in [0.3, 0.4) is 0 Å². The van der Waals surface area contributed by atoms with Crippen LogP contribution in [0.5, 0.6) is 11.6 Å². The van der Waals surface area contributed by atoms with E-state index >= 15 is 0 Å². The molecule has 1 aromatic heterocycles. The Morgan fingerprint density at radius 2 is 1.97 bits per heavy atom. The van der Waals surface area contributed by atoms with Crippen molar-refractivity contribution in [3.05, 3.63) is 69.7 Å². The van der Waals surface area contributed by atoms with Gasteiger partial charge in [0.1, 0.15) is 23.3 Å². The minimum Gasteiger partial charge on any atom is -0.489 e. The minimum atomic E-state index is -0.198. The summed E-state index contributed by atoms with van der Waals surface area (Å²) in [6.45, 7) is 0.673. The number of benzene rings is 2. The Hall–Kier alpha value is -2.42. The quantitative estimate of drug-likeness (QED) is 0.302. The van der Waals surface area contributed by atoms with E-state index < -0.39 is 0 Å². The van der Waals surface area contributed by atoms with Crippen LogP contribution < -0.4 is 14.8 Å². The summed E-state index contributed by atoms with van der Waals surface area (Å²) in [7, 11) is 0. The average molecular weight is 487 g/mol. The van der Waals surface area contributed by atoms with Gasteiger partial charge in [-0.05, 0) is 41.8 Å². The van der Waals surface area contributed by atoms with Gasteiger partial charge < -0.3 is 14.8 Å². The van der Waals surface area contributed by atoms with Crippen LogP contribution in [0.4, 0.5) is 0 Å². The topological polar surface area (TPSA) is 60.5 Å². The van der Waals surface area contributed by atoms with Crippen LogP contribution in [-0.2, 0) is 4.79 Å². The number of ether oxygens (including phenoxy) is 2. The summed E-state index contributed by atoms with van der Waals surface area (Å²) in [5.74, 6) is 1.04. The Bertz CT molecular complexity index is 1130. The van der Waals surface area contributed by atoms with Crippen molar-refractivity contribution in [3.63, 3.8) is 0 Å². The number of pyridine rings is 1. The number of amides is 1. The lowest BCUT2D eigenvalue weighted by atomic mass is 10.2. The number of fused-ring (bicyclic) bond motifs is 1.